The third-order valence-corrected chi connectivity index (χ3v) is 4.17. The zero-order valence-corrected chi connectivity index (χ0v) is 12.3. The Morgan fingerprint density at radius 3 is 2.80 bits per heavy atom. The summed E-state index contributed by atoms with van der Waals surface area (Å²) in [6, 6.07) is 7.32. The number of carboxylic acids is 1. The van der Waals surface area contributed by atoms with Crippen molar-refractivity contribution in [3.63, 3.8) is 0 Å². The van der Waals surface area contributed by atoms with Gasteiger partial charge in [0.2, 0.25) is 0 Å². The molecule has 20 heavy (non-hydrogen) atoms. The summed E-state index contributed by atoms with van der Waals surface area (Å²) >= 11 is 2.72. The van der Waals surface area contributed by atoms with Crippen LogP contribution in [0, 0.1) is 0 Å². The number of amides is 1. The number of carbonyl (C=O) groups excluding carboxylic acids is 1. The van der Waals surface area contributed by atoms with E-state index in [0.717, 1.165) is 4.90 Å². The first-order valence-corrected chi connectivity index (χ1v) is 7.81. The Hall–Kier alpha value is -1.86. The fraction of sp³-hybridized carbons (Fsp3) is 0.154. The second-order valence-corrected chi connectivity index (χ2v) is 5.61. The van der Waals surface area contributed by atoms with Crippen molar-refractivity contribution in [2.45, 2.75) is 11.4 Å². The smallest absolute Gasteiger partial charge is 0.355 e. The minimum Gasteiger partial charge on any atom is -0.476 e. The molecule has 0 aliphatic rings. The lowest BCUT2D eigenvalue weighted by atomic mass is 10.2. The van der Waals surface area contributed by atoms with E-state index in [2.05, 4.69) is 10.3 Å². The maximum atomic E-state index is 12.1. The van der Waals surface area contributed by atoms with E-state index in [4.69, 9.17) is 5.11 Å². The maximum Gasteiger partial charge on any atom is 0.355 e. The van der Waals surface area contributed by atoms with E-state index in [1.165, 1.54) is 28.5 Å². The monoisotopic (exact) mass is 308 g/mol. The van der Waals surface area contributed by atoms with E-state index in [9.17, 15) is 9.59 Å². The molecule has 0 aliphatic heterocycles. The normalized spacial score (nSPS) is 10.2. The lowest BCUT2D eigenvalue weighted by Gasteiger charge is -2.07. The number of thiazole rings is 1. The summed E-state index contributed by atoms with van der Waals surface area (Å²) in [4.78, 5) is 27.6. The van der Waals surface area contributed by atoms with Crippen LogP contribution in [0.3, 0.4) is 0 Å². The Balaban J connectivity index is 2.03. The first-order valence-electron chi connectivity index (χ1n) is 5.70. The minimum atomic E-state index is -1.06. The molecule has 0 saturated heterocycles. The van der Waals surface area contributed by atoms with E-state index >= 15 is 0 Å². The summed E-state index contributed by atoms with van der Waals surface area (Å²) in [6.07, 6.45) is 1.91. The molecule has 2 aromatic rings. The number of aromatic carboxylic acids is 1. The van der Waals surface area contributed by atoms with Gasteiger partial charge in [0.05, 0.1) is 12.1 Å². The topological polar surface area (TPSA) is 79.3 Å². The van der Waals surface area contributed by atoms with Crippen LogP contribution in [0.2, 0.25) is 0 Å². The lowest BCUT2D eigenvalue weighted by molar-refractivity contribution is 0.0691. The highest BCUT2D eigenvalue weighted by atomic mass is 32.2. The molecule has 0 aliphatic carbocycles. The lowest BCUT2D eigenvalue weighted by Crippen LogP contribution is -2.23. The molecule has 0 unspecified atom stereocenters. The third kappa shape index (κ3) is 3.37. The van der Waals surface area contributed by atoms with Crippen LogP contribution in [0.15, 0.2) is 34.5 Å². The molecule has 0 bridgehead atoms. The number of hydrogen-bond acceptors (Lipinski definition) is 5. The second-order valence-electron chi connectivity index (χ2n) is 3.81. The standard InChI is InChI=1S/C13H12N2O3S2/c1-19-10-5-3-2-4-8(10)12(16)14-6-11-15-9(7-20-11)13(17)18/h2-5,7H,6H2,1H3,(H,14,16)(H,17,18). The highest BCUT2D eigenvalue weighted by Crippen LogP contribution is 2.19. The van der Waals surface area contributed by atoms with E-state index in [-0.39, 0.29) is 18.1 Å². The molecule has 1 amide bonds. The minimum absolute atomic E-state index is 0.00348. The van der Waals surface area contributed by atoms with Crippen molar-refractivity contribution >= 4 is 35.0 Å². The first-order chi connectivity index (χ1) is 9.61. The summed E-state index contributed by atoms with van der Waals surface area (Å²) in [5.74, 6) is -1.26. The van der Waals surface area contributed by atoms with Gasteiger partial charge in [-0.05, 0) is 18.4 Å². The Bertz CT molecular complexity index is 640. The van der Waals surface area contributed by atoms with Crippen LogP contribution in [0.25, 0.3) is 0 Å². The van der Waals surface area contributed by atoms with Gasteiger partial charge >= 0.3 is 5.97 Å². The van der Waals surface area contributed by atoms with Gasteiger partial charge in [0.1, 0.15) is 5.01 Å². The van der Waals surface area contributed by atoms with Gasteiger partial charge in [-0.1, -0.05) is 12.1 Å². The van der Waals surface area contributed by atoms with Crippen LogP contribution >= 0.6 is 23.1 Å². The van der Waals surface area contributed by atoms with Crippen LogP contribution in [0.5, 0.6) is 0 Å². The molecule has 2 N–H and O–H groups in total. The molecule has 0 radical (unpaired) electrons. The molecule has 1 aromatic heterocycles. The van der Waals surface area contributed by atoms with Crippen LogP contribution < -0.4 is 5.32 Å². The van der Waals surface area contributed by atoms with E-state index in [1.54, 1.807) is 12.1 Å². The van der Waals surface area contributed by atoms with Gasteiger partial charge in [0.15, 0.2) is 5.69 Å². The number of aromatic nitrogens is 1. The summed E-state index contributed by atoms with van der Waals surface area (Å²) in [7, 11) is 0. The Labute approximate surface area is 124 Å². The molecule has 7 heteroatoms. The summed E-state index contributed by atoms with van der Waals surface area (Å²) in [5, 5.41) is 13.5. The molecule has 0 saturated carbocycles. The highest BCUT2D eigenvalue weighted by Gasteiger charge is 2.12. The molecule has 5 nitrogen and oxygen atoms in total. The second kappa shape index (κ2) is 6.53. The summed E-state index contributed by atoms with van der Waals surface area (Å²) in [6.45, 7) is 0.222. The largest absolute Gasteiger partial charge is 0.476 e. The number of nitrogens with zero attached hydrogens (tertiary/aromatic N) is 1. The highest BCUT2D eigenvalue weighted by molar-refractivity contribution is 7.98. The molecule has 0 atom stereocenters. The average molecular weight is 308 g/mol. The van der Waals surface area contributed by atoms with E-state index in [1.807, 2.05) is 18.4 Å². The molecule has 0 spiro atoms. The van der Waals surface area contributed by atoms with Crippen molar-refractivity contribution in [2.75, 3.05) is 6.26 Å². The van der Waals surface area contributed by atoms with Crippen molar-refractivity contribution in [2.24, 2.45) is 0 Å². The predicted octanol–water partition coefficient (Wildman–Crippen LogP) is 2.49. The SMILES string of the molecule is CSc1ccccc1C(=O)NCc1nc(C(=O)O)cs1. The van der Waals surface area contributed by atoms with Crippen LogP contribution in [-0.2, 0) is 6.54 Å². The average Bonchev–Trinajstić information content (AvgIpc) is 2.94. The zero-order valence-electron chi connectivity index (χ0n) is 10.6. The number of carboxylic acid groups (broad SMARTS) is 1. The number of hydrogen-bond donors (Lipinski definition) is 2. The number of benzene rings is 1. The van der Waals surface area contributed by atoms with Gasteiger partial charge in [0.25, 0.3) is 5.91 Å². The zero-order chi connectivity index (χ0) is 14.5. The van der Waals surface area contributed by atoms with Gasteiger partial charge < -0.3 is 10.4 Å². The Morgan fingerprint density at radius 1 is 1.40 bits per heavy atom. The fourth-order valence-corrected chi connectivity index (χ4v) is 2.88. The molecular formula is C13H12N2O3S2. The molecule has 104 valence electrons. The number of nitrogens with one attached hydrogen (secondary N) is 1. The van der Waals surface area contributed by atoms with Gasteiger partial charge in [-0.15, -0.1) is 23.1 Å². The molecule has 1 aromatic carbocycles. The number of rotatable bonds is 5. The molecule has 0 fully saturated rings. The van der Waals surface area contributed by atoms with Crippen molar-refractivity contribution < 1.29 is 14.7 Å². The quantitative estimate of drug-likeness (QED) is 0.830. The van der Waals surface area contributed by atoms with Gasteiger partial charge in [0, 0.05) is 10.3 Å². The summed E-state index contributed by atoms with van der Waals surface area (Å²) in [5.41, 5.74) is 0.610. The number of thioether (sulfide) groups is 1. The van der Waals surface area contributed by atoms with Crippen LogP contribution in [0.4, 0.5) is 0 Å². The number of carbonyl (C=O) groups is 2. The van der Waals surface area contributed by atoms with Gasteiger partial charge in [-0.3, -0.25) is 4.79 Å². The van der Waals surface area contributed by atoms with Crippen molar-refractivity contribution in [1.82, 2.24) is 10.3 Å². The van der Waals surface area contributed by atoms with E-state index in [0.29, 0.717) is 10.6 Å². The third-order valence-electron chi connectivity index (χ3n) is 2.52. The van der Waals surface area contributed by atoms with Crippen molar-refractivity contribution in [3.05, 3.63) is 45.9 Å². The predicted molar refractivity (Wildman–Crippen MR) is 78.5 cm³/mol. The Morgan fingerprint density at radius 2 is 2.15 bits per heavy atom. The fourth-order valence-electron chi connectivity index (χ4n) is 1.57. The molecule has 2 rings (SSSR count). The van der Waals surface area contributed by atoms with Crippen LogP contribution in [-0.4, -0.2) is 28.2 Å². The van der Waals surface area contributed by atoms with Crippen molar-refractivity contribution in [1.29, 1.82) is 0 Å². The summed E-state index contributed by atoms with van der Waals surface area (Å²) < 4.78 is 0. The van der Waals surface area contributed by atoms with Gasteiger partial charge in [-0.25, -0.2) is 9.78 Å². The first kappa shape index (κ1) is 14.5. The molecule has 1 heterocycles. The van der Waals surface area contributed by atoms with Gasteiger partial charge in [-0.2, -0.15) is 0 Å². The maximum absolute atomic E-state index is 12.1. The Kier molecular flexibility index (Phi) is 4.75. The van der Waals surface area contributed by atoms with E-state index < -0.39 is 5.97 Å². The van der Waals surface area contributed by atoms with Crippen LogP contribution in [0.1, 0.15) is 25.9 Å². The van der Waals surface area contributed by atoms with Crippen molar-refractivity contribution in [3.8, 4) is 0 Å². The molecular weight excluding hydrogens is 296 g/mol.